The third-order valence-electron chi connectivity index (χ3n) is 5.00. The number of methoxy groups -OCH3 is 1. The number of hydrogen-bond acceptors (Lipinski definition) is 5. The number of alkyl halides is 6. The zero-order chi connectivity index (χ0) is 29.1. The molecule has 7 nitrogen and oxygen atoms in total. The van der Waals surface area contributed by atoms with Gasteiger partial charge in [-0.3, -0.25) is 9.59 Å². The van der Waals surface area contributed by atoms with Gasteiger partial charge in [-0.15, -0.1) is 13.2 Å². The van der Waals surface area contributed by atoms with Crippen LogP contribution in [0, 0.1) is 5.82 Å². The summed E-state index contributed by atoms with van der Waals surface area (Å²) in [4.78, 5) is 26.5. The molecule has 14 heteroatoms. The van der Waals surface area contributed by atoms with E-state index in [1.807, 2.05) is 0 Å². The number of carbonyl (C=O) groups is 2. The van der Waals surface area contributed by atoms with Crippen molar-refractivity contribution in [1.29, 1.82) is 0 Å². The molecule has 0 heterocycles. The van der Waals surface area contributed by atoms with Gasteiger partial charge >= 0.3 is 12.5 Å². The minimum Gasteiger partial charge on any atom is -0.493 e. The van der Waals surface area contributed by atoms with E-state index in [4.69, 9.17) is 9.47 Å². The predicted molar refractivity (Wildman–Crippen MR) is 124 cm³/mol. The van der Waals surface area contributed by atoms with Gasteiger partial charge in [-0.05, 0) is 42.5 Å². The largest absolute Gasteiger partial charge is 0.573 e. The number of ether oxygens (including phenoxy) is 3. The molecule has 0 aromatic heterocycles. The molecule has 0 aliphatic carbocycles. The summed E-state index contributed by atoms with van der Waals surface area (Å²) in [6, 6.07) is 8.89. The predicted octanol–water partition coefficient (Wildman–Crippen LogP) is 6.50. The first-order valence-electron chi connectivity index (χ1n) is 10.7. The zero-order valence-corrected chi connectivity index (χ0v) is 20.3. The third-order valence-corrected chi connectivity index (χ3v) is 5.00. The highest BCUT2D eigenvalue weighted by molar-refractivity contribution is 6.07. The molecule has 1 N–H and O–H groups in total. The second kappa shape index (κ2) is 11.1. The van der Waals surface area contributed by atoms with E-state index in [2.05, 4.69) is 10.1 Å². The molecular formula is C25H19F7N2O5. The van der Waals surface area contributed by atoms with Gasteiger partial charge in [0.2, 0.25) is 0 Å². The number of halogens is 7. The minimum atomic E-state index is -5.18. The molecule has 0 saturated carbocycles. The molecule has 0 spiro atoms. The first-order valence-corrected chi connectivity index (χ1v) is 10.7. The van der Waals surface area contributed by atoms with Gasteiger partial charge in [0.25, 0.3) is 11.8 Å². The van der Waals surface area contributed by atoms with E-state index < -0.39 is 52.8 Å². The molecule has 0 atom stereocenters. The lowest BCUT2D eigenvalue weighted by molar-refractivity contribution is -0.274. The summed E-state index contributed by atoms with van der Waals surface area (Å²) in [6.45, 7) is 0. The summed E-state index contributed by atoms with van der Waals surface area (Å²) in [7, 11) is 4.01. The lowest BCUT2D eigenvalue weighted by Gasteiger charge is -2.18. The Morgan fingerprint density at radius 1 is 0.872 bits per heavy atom. The van der Waals surface area contributed by atoms with Crippen LogP contribution >= 0.6 is 0 Å². The van der Waals surface area contributed by atoms with Gasteiger partial charge in [0.1, 0.15) is 17.1 Å². The molecule has 0 aliphatic heterocycles. The van der Waals surface area contributed by atoms with Crippen LogP contribution in [-0.4, -0.2) is 44.3 Å². The average Bonchev–Trinajstić information content (AvgIpc) is 2.82. The van der Waals surface area contributed by atoms with Crippen LogP contribution in [-0.2, 0) is 6.18 Å². The number of nitrogens with one attached hydrogen (secondary N) is 1. The van der Waals surface area contributed by atoms with E-state index in [-0.39, 0.29) is 22.7 Å². The molecule has 0 unspecified atom stereocenters. The maximum absolute atomic E-state index is 15.1. The SMILES string of the molecule is COc1cc(OC(F)(F)F)ccc1Oc1ccc(C(F)(F)F)c(F)c1C(=O)Nc1cccc(C(=O)N(C)C)c1. The van der Waals surface area contributed by atoms with Crippen LogP contribution in [0.1, 0.15) is 26.3 Å². The highest BCUT2D eigenvalue weighted by atomic mass is 19.4. The molecule has 0 aliphatic rings. The summed E-state index contributed by atoms with van der Waals surface area (Å²) in [5.74, 6) is -5.90. The summed E-state index contributed by atoms with van der Waals surface area (Å²) in [5.41, 5.74) is -2.84. The second-order valence-electron chi connectivity index (χ2n) is 8.00. The van der Waals surface area contributed by atoms with Gasteiger partial charge in [0.05, 0.1) is 12.7 Å². The van der Waals surface area contributed by atoms with Gasteiger partial charge in [0, 0.05) is 31.4 Å². The highest BCUT2D eigenvalue weighted by Gasteiger charge is 2.38. The first-order chi connectivity index (χ1) is 18.1. The molecule has 3 aromatic carbocycles. The molecule has 3 rings (SSSR count). The van der Waals surface area contributed by atoms with Crippen molar-refractivity contribution in [3.05, 3.63) is 77.1 Å². The van der Waals surface area contributed by atoms with E-state index in [1.54, 1.807) is 0 Å². The number of carbonyl (C=O) groups excluding carboxylic acids is 2. The van der Waals surface area contributed by atoms with Gasteiger partial charge in [-0.2, -0.15) is 13.2 Å². The van der Waals surface area contributed by atoms with Crippen LogP contribution in [0.2, 0.25) is 0 Å². The van der Waals surface area contributed by atoms with Gasteiger partial charge in [-0.1, -0.05) is 6.07 Å². The van der Waals surface area contributed by atoms with Crippen LogP contribution in [0.4, 0.5) is 36.4 Å². The van der Waals surface area contributed by atoms with Crippen molar-refractivity contribution in [2.45, 2.75) is 12.5 Å². The fourth-order valence-electron chi connectivity index (χ4n) is 3.30. The Morgan fingerprint density at radius 3 is 2.13 bits per heavy atom. The molecular weight excluding hydrogens is 541 g/mol. The van der Waals surface area contributed by atoms with Crippen molar-refractivity contribution in [2.75, 3.05) is 26.5 Å². The molecule has 0 bridgehead atoms. The fourth-order valence-corrected chi connectivity index (χ4v) is 3.30. The van der Waals surface area contributed by atoms with Crippen LogP contribution < -0.4 is 19.5 Å². The molecule has 2 amide bonds. The van der Waals surface area contributed by atoms with Gasteiger partial charge < -0.3 is 24.4 Å². The summed E-state index contributed by atoms with van der Waals surface area (Å²) >= 11 is 0. The second-order valence-corrected chi connectivity index (χ2v) is 8.00. The van der Waals surface area contributed by atoms with Crippen LogP contribution in [0.3, 0.4) is 0 Å². The van der Waals surface area contributed by atoms with Crippen LogP contribution in [0.15, 0.2) is 54.6 Å². The van der Waals surface area contributed by atoms with Crippen molar-refractivity contribution >= 4 is 17.5 Å². The van der Waals surface area contributed by atoms with E-state index in [0.29, 0.717) is 12.1 Å². The third kappa shape index (κ3) is 7.09. The zero-order valence-electron chi connectivity index (χ0n) is 20.3. The lowest BCUT2D eigenvalue weighted by atomic mass is 10.1. The summed E-state index contributed by atoms with van der Waals surface area (Å²) in [6.07, 6.45) is -10.2. The lowest BCUT2D eigenvalue weighted by Crippen LogP contribution is -2.22. The number of nitrogens with zero attached hydrogens (tertiary/aromatic N) is 1. The number of benzene rings is 3. The quantitative estimate of drug-likeness (QED) is 0.334. The first kappa shape index (κ1) is 29.1. The molecule has 3 aromatic rings. The van der Waals surface area contributed by atoms with E-state index >= 15 is 4.39 Å². The van der Waals surface area contributed by atoms with E-state index in [1.165, 1.54) is 43.3 Å². The fraction of sp³-hybridized carbons (Fsp3) is 0.200. The Hall–Kier alpha value is -4.49. The molecule has 0 radical (unpaired) electrons. The maximum Gasteiger partial charge on any atom is 0.573 e. The molecule has 0 fully saturated rings. The topological polar surface area (TPSA) is 77.1 Å². The molecule has 0 saturated heterocycles. The Balaban J connectivity index is 2.04. The van der Waals surface area contributed by atoms with Crippen molar-refractivity contribution in [3.8, 4) is 23.0 Å². The normalized spacial score (nSPS) is 11.5. The Morgan fingerprint density at radius 2 is 1.54 bits per heavy atom. The van der Waals surface area contributed by atoms with Crippen molar-refractivity contribution in [3.63, 3.8) is 0 Å². The number of amides is 2. The van der Waals surface area contributed by atoms with Crippen molar-refractivity contribution in [1.82, 2.24) is 4.90 Å². The van der Waals surface area contributed by atoms with Gasteiger partial charge in [0.15, 0.2) is 17.3 Å². The minimum absolute atomic E-state index is 0.0401. The van der Waals surface area contributed by atoms with Crippen LogP contribution in [0.5, 0.6) is 23.0 Å². The Kier molecular flexibility index (Phi) is 8.27. The van der Waals surface area contributed by atoms with E-state index in [9.17, 15) is 35.9 Å². The van der Waals surface area contributed by atoms with Crippen LogP contribution in [0.25, 0.3) is 0 Å². The van der Waals surface area contributed by atoms with Gasteiger partial charge in [-0.25, -0.2) is 4.39 Å². The molecule has 208 valence electrons. The Bertz CT molecular complexity index is 1390. The Labute approximate surface area is 216 Å². The number of anilines is 1. The standard InChI is InChI=1S/C25H19F7N2O5/c1-34(2)23(36)13-5-4-6-14(11-13)33-22(35)20-18(10-8-16(21(20)26)24(27,28)29)38-17-9-7-15(12-19(17)37-3)39-25(30,31)32/h4-12H,1-3H3,(H,33,35). The summed E-state index contributed by atoms with van der Waals surface area (Å²) in [5, 5.41) is 2.23. The number of rotatable bonds is 7. The number of hydrogen-bond donors (Lipinski definition) is 1. The van der Waals surface area contributed by atoms with E-state index in [0.717, 1.165) is 25.3 Å². The van der Waals surface area contributed by atoms with Crippen molar-refractivity contribution in [2.24, 2.45) is 0 Å². The molecule has 39 heavy (non-hydrogen) atoms. The highest BCUT2D eigenvalue weighted by Crippen LogP contribution is 2.40. The monoisotopic (exact) mass is 560 g/mol. The summed E-state index contributed by atoms with van der Waals surface area (Å²) < 4.78 is 107. The van der Waals surface area contributed by atoms with Crippen molar-refractivity contribution < 1.29 is 54.5 Å². The smallest absolute Gasteiger partial charge is 0.493 e. The average molecular weight is 560 g/mol. The maximum atomic E-state index is 15.1.